The molecule has 0 aliphatic heterocycles. The van der Waals surface area contributed by atoms with Crippen molar-refractivity contribution in [2.75, 3.05) is 0 Å². The molecule has 3 nitrogen and oxygen atoms in total. The first-order valence-corrected chi connectivity index (χ1v) is 19.8. The number of rotatable bonds is 4. The molecular weight excluding hydrogens is 699 g/mol. The van der Waals surface area contributed by atoms with Crippen molar-refractivity contribution in [2.45, 2.75) is 0 Å². The maximum absolute atomic E-state index is 5.29. The van der Waals surface area contributed by atoms with E-state index in [1.54, 1.807) is 0 Å². The molecule has 8 aromatic carbocycles. The van der Waals surface area contributed by atoms with E-state index < -0.39 is 0 Å². The summed E-state index contributed by atoms with van der Waals surface area (Å²) in [6.07, 6.45) is 0. The van der Waals surface area contributed by atoms with Gasteiger partial charge in [0.15, 0.2) is 0 Å². The fourth-order valence-corrected chi connectivity index (χ4v) is 10.1. The summed E-state index contributed by atoms with van der Waals surface area (Å²) in [7, 11) is 0. The van der Waals surface area contributed by atoms with Crippen molar-refractivity contribution in [1.29, 1.82) is 0 Å². The summed E-state index contributed by atoms with van der Waals surface area (Å²) in [4.78, 5) is 10.6. The van der Waals surface area contributed by atoms with E-state index in [2.05, 4.69) is 193 Å². The second-order valence-electron chi connectivity index (χ2n) is 14.5. The molecular formula is C52H31N3S. The largest absolute Gasteiger partial charge is 0.294 e. The van der Waals surface area contributed by atoms with E-state index in [-0.39, 0.29) is 0 Å². The second kappa shape index (κ2) is 12.2. The molecule has 12 aromatic rings. The van der Waals surface area contributed by atoms with E-state index >= 15 is 0 Å². The number of aromatic nitrogens is 3. The highest BCUT2D eigenvalue weighted by Gasteiger charge is 2.16. The Hall–Kier alpha value is -7.14. The highest BCUT2D eigenvalue weighted by Crippen LogP contribution is 2.42. The summed E-state index contributed by atoms with van der Waals surface area (Å²) < 4.78 is 4.86. The van der Waals surface area contributed by atoms with Crippen LogP contribution in [0.1, 0.15) is 0 Å². The molecule has 0 amide bonds. The van der Waals surface area contributed by atoms with Gasteiger partial charge in [-0.3, -0.25) is 4.57 Å². The zero-order chi connectivity index (χ0) is 36.7. The van der Waals surface area contributed by atoms with Crippen molar-refractivity contribution in [1.82, 2.24) is 14.5 Å². The minimum atomic E-state index is 0.911. The van der Waals surface area contributed by atoms with Crippen LogP contribution < -0.4 is 0 Å². The molecule has 0 atom stereocenters. The third kappa shape index (κ3) is 4.70. The van der Waals surface area contributed by atoms with Crippen molar-refractivity contribution in [3.8, 4) is 39.6 Å². The number of para-hydroxylation sites is 2. The van der Waals surface area contributed by atoms with Crippen molar-refractivity contribution in [3.63, 3.8) is 0 Å². The van der Waals surface area contributed by atoms with Crippen LogP contribution in [-0.4, -0.2) is 14.5 Å². The SMILES string of the molecule is c1cc(-c2ccc3c4ccc(-c5cccc(-n6c7ccccc7c7ccccc76)n5)cc4c4ccccc4c3c2)nc(-c2cccc3c2sc2ccccc23)c1. The van der Waals surface area contributed by atoms with E-state index in [0.29, 0.717) is 0 Å². The minimum absolute atomic E-state index is 0.911. The molecule has 0 aliphatic carbocycles. The first-order chi connectivity index (χ1) is 27.8. The molecule has 56 heavy (non-hydrogen) atoms. The number of nitrogens with zero attached hydrogens (tertiary/aromatic N) is 3. The summed E-state index contributed by atoms with van der Waals surface area (Å²) in [5.41, 5.74) is 8.60. The van der Waals surface area contributed by atoms with Crippen molar-refractivity contribution in [3.05, 3.63) is 188 Å². The van der Waals surface area contributed by atoms with E-state index in [1.165, 1.54) is 68.8 Å². The molecule has 0 N–H and O–H groups in total. The fraction of sp³-hybridized carbons (Fsp3) is 0. The van der Waals surface area contributed by atoms with E-state index in [0.717, 1.165) is 45.1 Å². The van der Waals surface area contributed by atoms with Crippen LogP contribution in [-0.2, 0) is 0 Å². The van der Waals surface area contributed by atoms with Gasteiger partial charge in [0.1, 0.15) is 5.82 Å². The van der Waals surface area contributed by atoms with Crippen LogP contribution in [0.4, 0.5) is 0 Å². The van der Waals surface area contributed by atoms with E-state index in [9.17, 15) is 0 Å². The molecule has 12 rings (SSSR count). The topological polar surface area (TPSA) is 30.7 Å². The Labute approximate surface area is 326 Å². The third-order valence-electron chi connectivity index (χ3n) is 11.4. The van der Waals surface area contributed by atoms with Crippen molar-refractivity contribution >= 4 is 85.6 Å². The smallest absolute Gasteiger partial charge is 0.138 e. The highest BCUT2D eigenvalue weighted by atomic mass is 32.1. The zero-order valence-corrected chi connectivity index (χ0v) is 31.0. The second-order valence-corrected chi connectivity index (χ2v) is 15.6. The molecule has 4 aromatic heterocycles. The molecule has 0 spiro atoms. The van der Waals surface area contributed by atoms with Gasteiger partial charge in [0.2, 0.25) is 0 Å². The molecule has 0 unspecified atom stereocenters. The van der Waals surface area contributed by atoms with Gasteiger partial charge in [-0.2, -0.15) is 0 Å². The Kier molecular flexibility index (Phi) is 6.80. The molecule has 0 fully saturated rings. The maximum atomic E-state index is 5.29. The van der Waals surface area contributed by atoms with Gasteiger partial charge in [0, 0.05) is 47.6 Å². The number of pyridine rings is 2. The molecule has 0 aliphatic rings. The summed E-state index contributed by atoms with van der Waals surface area (Å²) in [6, 6.07) is 67.6. The van der Waals surface area contributed by atoms with Crippen LogP contribution in [0.15, 0.2) is 188 Å². The number of fused-ring (bicyclic) bond motifs is 12. The van der Waals surface area contributed by atoms with E-state index in [1.807, 2.05) is 11.3 Å². The van der Waals surface area contributed by atoms with Crippen LogP contribution in [0.2, 0.25) is 0 Å². The molecule has 0 saturated heterocycles. The number of thiophene rings is 1. The molecule has 4 heteroatoms. The van der Waals surface area contributed by atoms with Crippen molar-refractivity contribution < 1.29 is 0 Å². The van der Waals surface area contributed by atoms with Gasteiger partial charge in [-0.25, -0.2) is 9.97 Å². The molecule has 260 valence electrons. The first kappa shape index (κ1) is 31.2. The summed E-state index contributed by atoms with van der Waals surface area (Å²) >= 11 is 1.84. The Morgan fingerprint density at radius 1 is 0.339 bits per heavy atom. The number of benzene rings is 8. The Balaban J connectivity index is 0.981. The standard InChI is InChI=1S/C52H31N3S/c1-2-13-35-34(12-1)43-30-32(45-19-10-21-47(53-45)42-18-9-17-41-40-16-5-8-24-50(40)56-52(41)42)26-28-36(43)37-29-27-33(31-44(35)37)46-20-11-25-51(54-46)55-48-22-6-3-14-38(48)39-15-4-7-23-49(39)55/h1-31H. The molecule has 0 bridgehead atoms. The lowest BCUT2D eigenvalue weighted by molar-refractivity contribution is 1.08. The van der Waals surface area contributed by atoms with Crippen molar-refractivity contribution in [2.24, 2.45) is 0 Å². The Morgan fingerprint density at radius 3 is 1.52 bits per heavy atom. The molecule has 4 heterocycles. The van der Waals surface area contributed by atoms with Crippen LogP contribution in [0.25, 0.3) is 114 Å². The Morgan fingerprint density at radius 2 is 0.839 bits per heavy atom. The van der Waals surface area contributed by atoms with Gasteiger partial charge in [-0.1, -0.05) is 133 Å². The normalized spacial score (nSPS) is 11.9. The number of hydrogen-bond donors (Lipinski definition) is 0. The van der Waals surface area contributed by atoms with Gasteiger partial charge in [0.25, 0.3) is 0 Å². The average molecular weight is 730 g/mol. The van der Waals surface area contributed by atoms with Crippen LogP contribution in [0.5, 0.6) is 0 Å². The lowest BCUT2D eigenvalue weighted by atomic mass is 9.91. The van der Waals surface area contributed by atoms with Gasteiger partial charge < -0.3 is 0 Å². The fourth-order valence-electron chi connectivity index (χ4n) is 8.85. The average Bonchev–Trinajstić information content (AvgIpc) is 3.82. The molecule has 0 saturated carbocycles. The maximum Gasteiger partial charge on any atom is 0.138 e. The van der Waals surface area contributed by atoms with Gasteiger partial charge >= 0.3 is 0 Å². The van der Waals surface area contributed by atoms with Crippen LogP contribution >= 0.6 is 11.3 Å². The zero-order valence-electron chi connectivity index (χ0n) is 30.1. The molecule has 0 radical (unpaired) electrons. The predicted molar refractivity (Wildman–Crippen MR) is 238 cm³/mol. The van der Waals surface area contributed by atoms with Crippen LogP contribution in [0, 0.1) is 0 Å². The lowest BCUT2D eigenvalue weighted by Gasteiger charge is -2.14. The van der Waals surface area contributed by atoms with E-state index in [4.69, 9.17) is 9.97 Å². The number of hydrogen-bond acceptors (Lipinski definition) is 3. The quantitative estimate of drug-likeness (QED) is 0.169. The van der Waals surface area contributed by atoms with Gasteiger partial charge in [0.05, 0.1) is 28.1 Å². The predicted octanol–water partition coefficient (Wildman–Crippen LogP) is 14.4. The summed E-state index contributed by atoms with van der Waals surface area (Å²) in [6.45, 7) is 0. The lowest BCUT2D eigenvalue weighted by Crippen LogP contribution is -1.98. The van der Waals surface area contributed by atoms with Gasteiger partial charge in [-0.15, -0.1) is 11.3 Å². The first-order valence-electron chi connectivity index (χ1n) is 19.0. The highest BCUT2D eigenvalue weighted by molar-refractivity contribution is 7.26. The monoisotopic (exact) mass is 729 g/mol. The third-order valence-corrected chi connectivity index (χ3v) is 12.6. The summed E-state index contributed by atoms with van der Waals surface area (Å²) in [5.74, 6) is 0.911. The van der Waals surface area contributed by atoms with Gasteiger partial charge in [-0.05, 0) is 86.9 Å². The minimum Gasteiger partial charge on any atom is -0.294 e. The summed E-state index contributed by atoms with van der Waals surface area (Å²) in [5, 5.41) is 12.4. The Bertz CT molecular complexity index is 3480. The van der Waals surface area contributed by atoms with Crippen LogP contribution in [0.3, 0.4) is 0 Å².